The van der Waals surface area contributed by atoms with Gasteiger partial charge in [0.1, 0.15) is 0 Å². The fourth-order valence-electron chi connectivity index (χ4n) is 0.724. The average Bonchev–Trinajstić information content (AvgIpc) is 2.00. The van der Waals surface area contributed by atoms with E-state index in [4.69, 9.17) is 0 Å². The van der Waals surface area contributed by atoms with Gasteiger partial charge in [-0.3, -0.25) is 4.79 Å². The molecule has 1 amide bonds. The molecule has 0 aliphatic rings. The summed E-state index contributed by atoms with van der Waals surface area (Å²) in [5.41, 5.74) is 0.951. The van der Waals surface area contributed by atoms with Gasteiger partial charge in [0.05, 0.1) is 6.04 Å². The lowest BCUT2D eigenvalue weighted by Gasteiger charge is -2.09. The molecule has 0 aromatic heterocycles. The Morgan fingerprint density at radius 2 is 2.18 bits per heavy atom. The number of hydrogen-bond donors (Lipinski definition) is 1. The average molecular weight is 151 g/mol. The molecule has 0 aromatic rings. The van der Waals surface area contributed by atoms with Gasteiger partial charge in [0.2, 0.25) is 6.41 Å². The maximum Gasteiger partial charge on any atom is 0.207 e. The quantitative estimate of drug-likeness (QED) is 0.467. The number of allylic oxidation sites excluding steroid dienone is 2. The third-order valence-electron chi connectivity index (χ3n) is 1.36. The topological polar surface area (TPSA) is 29.1 Å². The Labute approximate surface area is 67.3 Å². The van der Waals surface area contributed by atoms with Crippen LogP contribution in [0.5, 0.6) is 0 Å². The van der Waals surface area contributed by atoms with Gasteiger partial charge >= 0.3 is 0 Å². The second kappa shape index (κ2) is 5.47. The fourth-order valence-corrected chi connectivity index (χ4v) is 0.724. The Balaban J connectivity index is 4.23. The third-order valence-corrected chi connectivity index (χ3v) is 1.36. The molecule has 1 N–H and O–H groups in total. The molecule has 0 fully saturated rings. The van der Waals surface area contributed by atoms with Crippen molar-refractivity contribution >= 4 is 6.41 Å². The van der Waals surface area contributed by atoms with Gasteiger partial charge < -0.3 is 5.32 Å². The predicted octanol–water partition coefficient (Wildman–Crippen LogP) is 1.42. The molecule has 0 aromatic carbocycles. The van der Waals surface area contributed by atoms with E-state index in [1.165, 1.54) is 0 Å². The number of amides is 1. The molecule has 11 heavy (non-hydrogen) atoms. The monoisotopic (exact) mass is 151 g/mol. The highest BCUT2D eigenvalue weighted by atomic mass is 16.1. The second-order valence-electron chi connectivity index (χ2n) is 2.11. The maximum absolute atomic E-state index is 10.0. The third kappa shape index (κ3) is 3.40. The van der Waals surface area contributed by atoms with Crippen LogP contribution in [0.3, 0.4) is 0 Å². The Morgan fingerprint density at radius 3 is 2.55 bits per heavy atom. The van der Waals surface area contributed by atoms with Gasteiger partial charge in [-0.1, -0.05) is 31.4 Å². The Bertz CT molecular complexity index is 182. The number of rotatable bonds is 5. The maximum atomic E-state index is 10.0. The van der Waals surface area contributed by atoms with E-state index in [-0.39, 0.29) is 6.04 Å². The molecule has 0 saturated carbocycles. The van der Waals surface area contributed by atoms with Crippen molar-refractivity contribution in [1.82, 2.24) is 5.32 Å². The molecule has 2 heteroatoms. The molecule has 0 unspecified atom stereocenters. The van der Waals surface area contributed by atoms with Gasteiger partial charge in [0, 0.05) is 0 Å². The van der Waals surface area contributed by atoms with Gasteiger partial charge in [-0.2, -0.15) is 0 Å². The number of carbonyl (C=O) groups excluding carboxylic acids is 1. The minimum Gasteiger partial charge on any atom is -0.352 e. The molecular weight excluding hydrogens is 138 g/mol. The van der Waals surface area contributed by atoms with Crippen LogP contribution >= 0.6 is 0 Å². The van der Waals surface area contributed by atoms with E-state index in [0.717, 1.165) is 5.57 Å². The molecule has 0 saturated heterocycles. The molecule has 0 rings (SSSR count). The summed E-state index contributed by atoms with van der Waals surface area (Å²) in [6.45, 7) is 9.04. The van der Waals surface area contributed by atoms with Crippen LogP contribution in [0, 0.1) is 0 Å². The van der Waals surface area contributed by atoms with Crippen molar-refractivity contribution in [3.05, 3.63) is 37.0 Å². The summed E-state index contributed by atoms with van der Waals surface area (Å²) in [6, 6.07) is 0.00278. The van der Waals surface area contributed by atoms with Crippen LogP contribution in [-0.2, 0) is 4.79 Å². The van der Waals surface area contributed by atoms with Crippen LogP contribution in [0.25, 0.3) is 0 Å². The highest BCUT2D eigenvalue weighted by Crippen LogP contribution is 2.01. The molecule has 0 radical (unpaired) electrons. The van der Waals surface area contributed by atoms with Crippen LogP contribution in [0.15, 0.2) is 37.0 Å². The van der Waals surface area contributed by atoms with Crippen LogP contribution in [0.1, 0.15) is 6.92 Å². The highest BCUT2D eigenvalue weighted by molar-refractivity contribution is 5.48. The van der Waals surface area contributed by atoms with E-state index in [9.17, 15) is 4.79 Å². The van der Waals surface area contributed by atoms with Crippen LogP contribution < -0.4 is 5.32 Å². The normalized spacial score (nSPS) is 13.4. The van der Waals surface area contributed by atoms with E-state index >= 15 is 0 Å². The lowest BCUT2D eigenvalue weighted by molar-refractivity contribution is -0.109. The summed E-state index contributed by atoms with van der Waals surface area (Å²) in [5.74, 6) is 0. The van der Waals surface area contributed by atoms with Crippen LogP contribution in [0.4, 0.5) is 0 Å². The van der Waals surface area contributed by atoms with E-state index in [1.54, 1.807) is 12.2 Å². The first kappa shape index (κ1) is 9.69. The smallest absolute Gasteiger partial charge is 0.207 e. The predicted molar refractivity (Wildman–Crippen MR) is 47.1 cm³/mol. The SMILES string of the molecule is C=C/C=C(\C=C)[C@@H](C)NC=O. The largest absolute Gasteiger partial charge is 0.352 e. The van der Waals surface area contributed by atoms with E-state index < -0.39 is 0 Å². The lowest BCUT2D eigenvalue weighted by Crippen LogP contribution is -2.25. The van der Waals surface area contributed by atoms with E-state index in [2.05, 4.69) is 18.5 Å². The number of hydrogen-bond acceptors (Lipinski definition) is 1. The van der Waals surface area contributed by atoms with E-state index in [0.29, 0.717) is 6.41 Å². The summed E-state index contributed by atoms with van der Waals surface area (Å²) in [4.78, 5) is 10.0. The Morgan fingerprint density at radius 1 is 1.55 bits per heavy atom. The summed E-state index contributed by atoms with van der Waals surface area (Å²) in [7, 11) is 0. The van der Waals surface area contributed by atoms with Crippen molar-refractivity contribution in [1.29, 1.82) is 0 Å². The van der Waals surface area contributed by atoms with Gasteiger partial charge in [0.15, 0.2) is 0 Å². The standard InChI is InChI=1S/C9H13NO/c1-4-6-9(5-2)8(3)10-7-11/h4-8H,1-2H2,3H3,(H,10,11)/b9-6+/t8-/m1/s1. The van der Waals surface area contributed by atoms with Gasteiger partial charge in [-0.05, 0) is 12.5 Å². The zero-order valence-electron chi connectivity index (χ0n) is 6.71. The first-order valence-electron chi connectivity index (χ1n) is 3.41. The fraction of sp³-hybridized carbons (Fsp3) is 0.222. The van der Waals surface area contributed by atoms with Gasteiger partial charge in [-0.25, -0.2) is 0 Å². The van der Waals surface area contributed by atoms with Gasteiger partial charge in [-0.15, -0.1) is 0 Å². The minimum atomic E-state index is 0.00278. The van der Waals surface area contributed by atoms with Crippen molar-refractivity contribution in [2.24, 2.45) is 0 Å². The molecule has 0 aliphatic heterocycles. The summed E-state index contributed by atoms with van der Waals surface area (Å²) >= 11 is 0. The number of nitrogens with one attached hydrogen (secondary N) is 1. The highest BCUT2D eigenvalue weighted by Gasteiger charge is 2.00. The molecule has 60 valence electrons. The minimum absolute atomic E-state index is 0.00278. The first-order valence-corrected chi connectivity index (χ1v) is 3.41. The Kier molecular flexibility index (Phi) is 4.82. The van der Waals surface area contributed by atoms with Crippen LogP contribution in [-0.4, -0.2) is 12.5 Å². The molecule has 0 bridgehead atoms. The first-order chi connectivity index (χ1) is 5.26. The second-order valence-corrected chi connectivity index (χ2v) is 2.11. The van der Waals surface area contributed by atoms with Crippen LogP contribution in [0.2, 0.25) is 0 Å². The molecular formula is C9H13NO. The van der Waals surface area contributed by atoms with Crippen molar-refractivity contribution in [3.8, 4) is 0 Å². The van der Waals surface area contributed by atoms with Gasteiger partial charge in [0.25, 0.3) is 0 Å². The summed E-state index contributed by atoms with van der Waals surface area (Å²) in [5, 5.41) is 2.61. The lowest BCUT2D eigenvalue weighted by atomic mass is 10.1. The molecule has 0 spiro atoms. The van der Waals surface area contributed by atoms with Crippen molar-refractivity contribution < 1.29 is 4.79 Å². The Hall–Kier alpha value is -1.31. The zero-order valence-corrected chi connectivity index (χ0v) is 6.71. The number of carbonyl (C=O) groups is 1. The van der Waals surface area contributed by atoms with Crippen molar-refractivity contribution in [2.75, 3.05) is 0 Å². The summed E-state index contributed by atoms with van der Waals surface area (Å²) in [6.07, 6.45) is 5.85. The molecule has 0 aliphatic carbocycles. The van der Waals surface area contributed by atoms with E-state index in [1.807, 2.05) is 13.0 Å². The molecule has 2 nitrogen and oxygen atoms in total. The molecule has 1 atom stereocenters. The summed E-state index contributed by atoms with van der Waals surface area (Å²) < 4.78 is 0. The zero-order chi connectivity index (χ0) is 8.69. The molecule has 0 heterocycles. The van der Waals surface area contributed by atoms with Crippen molar-refractivity contribution in [3.63, 3.8) is 0 Å². The van der Waals surface area contributed by atoms with Crippen molar-refractivity contribution in [2.45, 2.75) is 13.0 Å².